The van der Waals surface area contributed by atoms with E-state index in [0.29, 0.717) is 0 Å². The van der Waals surface area contributed by atoms with E-state index >= 15 is 0 Å². The van der Waals surface area contributed by atoms with Gasteiger partial charge in [0.1, 0.15) is 11.0 Å². The van der Waals surface area contributed by atoms with Crippen LogP contribution in [0.4, 0.5) is 0 Å². The van der Waals surface area contributed by atoms with E-state index in [1.165, 1.54) is 28.3 Å². The average Bonchev–Trinajstić information content (AvgIpc) is 3.04. The number of hydrogen-bond donors (Lipinski definition) is 0. The molecule has 0 saturated carbocycles. The maximum absolute atomic E-state index is 4.42. The summed E-state index contributed by atoms with van der Waals surface area (Å²) in [7, 11) is 2.09. The van der Waals surface area contributed by atoms with Crippen molar-refractivity contribution in [3.05, 3.63) is 48.5 Å². The van der Waals surface area contributed by atoms with Gasteiger partial charge in [0, 0.05) is 23.5 Å². The molecule has 19 heavy (non-hydrogen) atoms. The van der Waals surface area contributed by atoms with Gasteiger partial charge in [-0.1, -0.05) is 30.3 Å². The molecule has 0 radical (unpaired) electrons. The zero-order valence-electron chi connectivity index (χ0n) is 10.4. The van der Waals surface area contributed by atoms with E-state index in [0.717, 1.165) is 16.6 Å². The van der Waals surface area contributed by atoms with Crippen LogP contribution >= 0.6 is 11.7 Å². The molecule has 0 N–H and O–H groups in total. The lowest BCUT2D eigenvalue weighted by Gasteiger charge is -2.04. The average molecular weight is 265 g/mol. The third kappa shape index (κ3) is 1.50. The van der Waals surface area contributed by atoms with Crippen molar-refractivity contribution in [2.45, 2.75) is 0 Å². The number of fused-ring (bicyclic) bond motifs is 2. The molecule has 4 rings (SSSR count). The van der Waals surface area contributed by atoms with E-state index in [2.05, 4.69) is 56.8 Å². The highest BCUT2D eigenvalue weighted by Crippen LogP contribution is 2.31. The van der Waals surface area contributed by atoms with Gasteiger partial charge in [0.2, 0.25) is 0 Å². The highest BCUT2D eigenvalue weighted by atomic mass is 32.1. The monoisotopic (exact) mass is 265 g/mol. The molecule has 0 amide bonds. The predicted molar refractivity (Wildman–Crippen MR) is 79.3 cm³/mol. The Morgan fingerprint density at radius 2 is 1.89 bits per heavy atom. The Hall–Kier alpha value is -2.20. The fraction of sp³-hybridized carbons (Fsp3) is 0.0667. The van der Waals surface area contributed by atoms with Crippen molar-refractivity contribution < 1.29 is 0 Å². The van der Waals surface area contributed by atoms with Crippen LogP contribution in [-0.2, 0) is 7.05 Å². The van der Waals surface area contributed by atoms with Crippen LogP contribution in [0.25, 0.3) is 33.2 Å². The summed E-state index contributed by atoms with van der Waals surface area (Å²) in [5, 5.41) is 1.25. The van der Waals surface area contributed by atoms with Crippen molar-refractivity contribution in [2.24, 2.45) is 7.05 Å². The van der Waals surface area contributed by atoms with E-state index in [4.69, 9.17) is 0 Å². The molecule has 2 aromatic carbocycles. The van der Waals surface area contributed by atoms with Crippen LogP contribution in [-0.4, -0.2) is 13.3 Å². The normalized spacial score (nSPS) is 11.4. The summed E-state index contributed by atoms with van der Waals surface area (Å²) >= 11 is 1.27. The van der Waals surface area contributed by atoms with E-state index in [-0.39, 0.29) is 0 Å². The number of rotatable bonds is 1. The van der Waals surface area contributed by atoms with Crippen LogP contribution in [0.2, 0.25) is 0 Å². The molecule has 0 aliphatic rings. The van der Waals surface area contributed by atoms with Gasteiger partial charge in [-0.3, -0.25) is 0 Å². The Balaban J connectivity index is 2.09. The summed E-state index contributed by atoms with van der Waals surface area (Å²) in [5.74, 6) is 0. The Kier molecular flexibility index (Phi) is 2.19. The largest absolute Gasteiger partial charge is 0.344 e. The first kappa shape index (κ1) is 10.7. The topological polar surface area (TPSA) is 30.7 Å². The third-order valence-electron chi connectivity index (χ3n) is 3.51. The number of hydrogen-bond acceptors (Lipinski definition) is 3. The van der Waals surface area contributed by atoms with Crippen molar-refractivity contribution in [3.8, 4) is 11.3 Å². The summed E-state index contributed by atoms with van der Waals surface area (Å²) in [6.45, 7) is 0. The molecule has 92 valence electrons. The van der Waals surface area contributed by atoms with Gasteiger partial charge in [-0.15, -0.1) is 0 Å². The van der Waals surface area contributed by atoms with Gasteiger partial charge >= 0.3 is 0 Å². The minimum atomic E-state index is 0.966. The summed E-state index contributed by atoms with van der Waals surface area (Å²) in [4.78, 5) is 0. The number of aromatic nitrogens is 3. The Bertz CT molecular complexity index is 889. The lowest BCUT2D eigenvalue weighted by molar-refractivity contribution is 0.979. The van der Waals surface area contributed by atoms with Crippen LogP contribution in [0, 0.1) is 0 Å². The van der Waals surface area contributed by atoms with Crippen LogP contribution < -0.4 is 0 Å². The molecule has 3 nitrogen and oxygen atoms in total. The fourth-order valence-corrected chi connectivity index (χ4v) is 3.11. The summed E-state index contributed by atoms with van der Waals surface area (Å²) in [5.41, 5.74) is 5.51. The van der Waals surface area contributed by atoms with Gasteiger partial charge < -0.3 is 4.57 Å². The van der Waals surface area contributed by atoms with E-state index < -0.39 is 0 Å². The SMILES string of the molecule is Cn1c(-c2cccc3nsnc23)cc2ccccc21. The minimum absolute atomic E-state index is 0.966. The van der Waals surface area contributed by atoms with Crippen molar-refractivity contribution >= 4 is 33.7 Å². The molecule has 4 heteroatoms. The summed E-state index contributed by atoms with van der Waals surface area (Å²) < 4.78 is 10.9. The molecule has 2 heterocycles. The van der Waals surface area contributed by atoms with Crippen LogP contribution in [0.15, 0.2) is 48.5 Å². The Labute approximate surface area is 114 Å². The van der Waals surface area contributed by atoms with Gasteiger partial charge in [0.25, 0.3) is 0 Å². The van der Waals surface area contributed by atoms with E-state index in [1.54, 1.807) is 0 Å². The zero-order valence-corrected chi connectivity index (χ0v) is 11.2. The predicted octanol–water partition coefficient (Wildman–Crippen LogP) is 3.85. The van der Waals surface area contributed by atoms with Gasteiger partial charge in [-0.25, -0.2) is 0 Å². The zero-order chi connectivity index (χ0) is 12.8. The molecular formula is C15H11N3S. The number of para-hydroxylation sites is 1. The molecule has 0 aliphatic heterocycles. The molecule has 0 bridgehead atoms. The molecule has 0 aliphatic carbocycles. The second-order valence-corrected chi connectivity index (χ2v) is 5.11. The smallest absolute Gasteiger partial charge is 0.114 e. The molecule has 2 aromatic heterocycles. The van der Waals surface area contributed by atoms with Gasteiger partial charge in [0.15, 0.2) is 0 Å². The van der Waals surface area contributed by atoms with Gasteiger partial charge in [-0.2, -0.15) is 8.75 Å². The number of benzene rings is 2. The molecular weight excluding hydrogens is 254 g/mol. The maximum Gasteiger partial charge on any atom is 0.114 e. The lowest BCUT2D eigenvalue weighted by atomic mass is 10.1. The fourth-order valence-electron chi connectivity index (χ4n) is 2.56. The summed E-state index contributed by atoms with van der Waals surface area (Å²) in [6, 6.07) is 16.8. The minimum Gasteiger partial charge on any atom is -0.344 e. The van der Waals surface area contributed by atoms with Crippen molar-refractivity contribution in [1.82, 2.24) is 13.3 Å². The molecule has 0 atom stereocenters. The van der Waals surface area contributed by atoms with E-state index in [9.17, 15) is 0 Å². The van der Waals surface area contributed by atoms with E-state index in [1.807, 2.05) is 12.1 Å². The molecule has 0 saturated heterocycles. The first-order valence-electron chi connectivity index (χ1n) is 6.11. The van der Waals surface area contributed by atoms with Crippen molar-refractivity contribution in [3.63, 3.8) is 0 Å². The van der Waals surface area contributed by atoms with Crippen LogP contribution in [0.3, 0.4) is 0 Å². The van der Waals surface area contributed by atoms with Crippen molar-refractivity contribution in [1.29, 1.82) is 0 Å². The second kappa shape index (κ2) is 3.90. The maximum atomic E-state index is 4.42. The molecule has 0 fully saturated rings. The Morgan fingerprint density at radius 3 is 2.79 bits per heavy atom. The second-order valence-electron chi connectivity index (χ2n) is 4.58. The number of aryl methyl sites for hydroxylation is 1. The number of nitrogens with zero attached hydrogens (tertiary/aromatic N) is 3. The highest BCUT2D eigenvalue weighted by molar-refractivity contribution is 7.00. The first-order chi connectivity index (χ1) is 9.34. The van der Waals surface area contributed by atoms with Gasteiger partial charge in [-0.05, 0) is 18.2 Å². The first-order valence-corrected chi connectivity index (χ1v) is 6.84. The highest BCUT2D eigenvalue weighted by Gasteiger charge is 2.12. The molecule has 0 spiro atoms. The Morgan fingerprint density at radius 1 is 1.00 bits per heavy atom. The third-order valence-corrected chi connectivity index (χ3v) is 4.06. The van der Waals surface area contributed by atoms with Gasteiger partial charge in [0.05, 0.1) is 17.4 Å². The molecule has 0 unspecified atom stereocenters. The molecule has 4 aromatic rings. The quantitative estimate of drug-likeness (QED) is 0.523. The standard InChI is InChI=1S/C15H11N3S/c1-18-13-8-3-2-5-10(13)9-14(18)11-6-4-7-12-15(11)17-19-16-12/h2-9H,1H3. The van der Waals surface area contributed by atoms with Crippen LogP contribution in [0.5, 0.6) is 0 Å². The summed E-state index contributed by atoms with van der Waals surface area (Å²) in [6.07, 6.45) is 0. The lowest BCUT2D eigenvalue weighted by Crippen LogP contribution is -1.91. The van der Waals surface area contributed by atoms with Crippen LogP contribution in [0.1, 0.15) is 0 Å². The van der Waals surface area contributed by atoms with Crippen molar-refractivity contribution in [2.75, 3.05) is 0 Å².